The van der Waals surface area contributed by atoms with Crippen molar-refractivity contribution in [1.82, 2.24) is 4.90 Å². The lowest BCUT2D eigenvalue weighted by molar-refractivity contribution is -0.153. The summed E-state index contributed by atoms with van der Waals surface area (Å²) in [6.07, 6.45) is -0.651. The molecule has 0 aromatic heterocycles. The van der Waals surface area contributed by atoms with Crippen LogP contribution in [0.5, 0.6) is 0 Å². The Morgan fingerprint density at radius 3 is 2.34 bits per heavy atom. The third-order valence-corrected chi connectivity index (χ3v) is 8.91. The zero-order valence-corrected chi connectivity index (χ0v) is 20.8. The number of benzene rings is 2. The minimum atomic E-state index is -0.658. The van der Waals surface area contributed by atoms with Crippen molar-refractivity contribution in [2.45, 2.75) is 17.5 Å². The molecule has 1 amide bonds. The fourth-order valence-electron chi connectivity index (χ4n) is 4.08. The van der Waals surface area contributed by atoms with Gasteiger partial charge in [0.15, 0.2) is 6.10 Å². The molecule has 3 heterocycles. The first-order valence-corrected chi connectivity index (χ1v) is 13.3. The second-order valence-electron chi connectivity index (χ2n) is 8.10. The number of thioether (sulfide) groups is 2. The molecule has 35 heavy (non-hydrogen) atoms. The molecule has 3 aliphatic heterocycles. The van der Waals surface area contributed by atoms with Crippen LogP contribution in [0.3, 0.4) is 0 Å². The van der Waals surface area contributed by atoms with Gasteiger partial charge < -0.3 is 15.2 Å². The zero-order valence-electron chi connectivity index (χ0n) is 18.4. The number of carbonyl (C=O) groups excluding carboxylic acids is 3. The Bertz CT molecular complexity index is 1200. The SMILES string of the molecule is N[C@@H]1C(=O)N2C(C(=O)OC(c3ccccc3)c3ccccc3)=C(CSC3=C(Cl)C(=O)OC3)CS[C@@H]12. The van der Waals surface area contributed by atoms with Crippen LogP contribution in [-0.2, 0) is 23.9 Å². The number of hydrogen-bond donors (Lipinski definition) is 1. The van der Waals surface area contributed by atoms with E-state index < -0.39 is 24.1 Å². The van der Waals surface area contributed by atoms with E-state index in [9.17, 15) is 14.4 Å². The van der Waals surface area contributed by atoms with Crippen LogP contribution in [0, 0.1) is 0 Å². The van der Waals surface area contributed by atoms with Crippen LogP contribution < -0.4 is 5.73 Å². The maximum Gasteiger partial charge on any atom is 0.356 e. The number of nitrogens with two attached hydrogens (primary N) is 1. The second kappa shape index (κ2) is 10.1. The number of fused-ring (bicyclic) bond motifs is 1. The van der Waals surface area contributed by atoms with E-state index in [0.29, 0.717) is 16.4 Å². The van der Waals surface area contributed by atoms with E-state index in [2.05, 4.69) is 0 Å². The molecule has 1 saturated heterocycles. The van der Waals surface area contributed by atoms with Crippen LogP contribution in [0.25, 0.3) is 0 Å². The van der Waals surface area contributed by atoms with E-state index in [1.807, 2.05) is 60.7 Å². The van der Waals surface area contributed by atoms with Crippen LogP contribution in [0.4, 0.5) is 0 Å². The number of esters is 2. The smallest absolute Gasteiger partial charge is 0.356 e. The molecule has 1 fully saturated rings. The summed E-state index contributed by atoms with van der Waals surface area (Å²) in [5, 5.41) is -0.263. The lowest BCUT2D eigenvalue weighted by Crippen LogP contribution is -2.68. The minimum absolute atomic E-state index is 0.0522. The van der Waals surface area contributed by atoms with Gasteiger partial charge in [0, 0.05) is 16.4 Å². The average molecular weight is 529 g/mol. The molecular weight excluding hydrogens is 508 g/mol. The third kappa shape index (κ3) is 4.61. The number of nitrogens with zero attached hydrogens (tertiary/aromatic N) is 1. The highest BCUT2D eigenvalue weighted by Gasteiger charge is 2.52. The highest BCUT2D eigenvalue weighted by atomic mass is 35.5. The Labute approximate surface area is 215 Å². The number of carbonyl (C=O) groups is 3. The number of ether oxygens (including phenoxy) is 2. The zero-order chi connectivity index (χ0) is 24.5. The van der Waals surface area contributed by atoms with Crippen molar-refractivity contribution in [3.05, 3.63) is 93.0 Å². The largest absolute Gasteiger partial charge is 0.456 e. The van der Waals surface area contributed by atoms with Crippen molar-refractivity contribution in [2.75, 3.05) is 18.1 Å². The first-order valence-electron chi connectivity index (χ1n) is 10.9. The second-order valence-corrected chi connectivity index (χ2v) is 10.6. The number of hydrogen-bond acceptors (Lipinski definition) is 8. The van der Waals surface area contributed by atoms with Crippen molar-refractivity contribution in [3.63, 3.8) is 0 Å². The minimum Gasteiger partial charge on any atom is -0.456 e. The van der Waals surface area contributed by atoms with E-state index >= 15 is 0 Å². The highest BCUT2D eigenvalue weighted by Crippen LogP contribution is 2.42. The summed E-state index contributed by atoms with van der Waals surface area (Å²) >= 11 is 8.87. The fraction of sp³-hybridized carbons (Fsp3) is 0.240. The molecule has 2 aromatic carbocycles. The van der Waals surface area contributed by atoms with Gasteiger partial charge in [0.05, 0.1) is 0 Å². The van der Waals surface area contributed by atoms with E-state index in [0.717, 1.165) is 16.7 Å². The molecule has 2 atom stereocenters. The Morgan fingerprint density at radius 1 is 1.14 bits per heavy atom. The first-order chi connectivity index (χ1) is 17.0. The molecule has 0 spiro atoms. The summed E-state index contributed by atoms with van der Waals surface area (Å²) in [5.74, 6) is -0.613. The lowest BCUT2D eigenvalue weighted by atomic mass is 10.0. The molecule has 0 saturated carbocycles. The van der Waals surface area contributed by atoms with Gasteiger partial charge in [-0.2, -0.15) is 0 Å². The Balaban J connectivity index is 1.47. The molecule has 7 nitrogen and oxygen atoms in total. The summed E-state index contributed by atoms with van der Waals surface area (Å²) < 4.78 is 11.0. The van der Waals surface area contributed by atoms with Crippen LogP contribution in [0.15, 0.2) is 81.9 Å². The van der Waals surface area contributed by atoms with E-state index in [1.54, 1.807) is 0 Å². The van der Waals surface area contributed by atoms with Crippen molar-refractivity contribution < 1.29 is 23.9 Å². The summed E-state index contributed by atoms with van der Waals surface area (Å²) in [7, 11) is 0. The van der Waals surface area contributed by atoms with Crippen LogP contribution >= 0.6 is 35.1 Å². The van der Waals surface area contributed by atoms with Crippen molar-refractivity contribution in [3.8, 4) is 0 Å². The van der Waals surface area contributed by atoms with Gasteiger partial charge in [-0.1, -0.05) is 72.3 Å². The summed E-state index contributed by atoms with van der Waals surface area (Å²) in [6.45, 7) is 0.1000. The number of β-lactam (4-membered cyclic amide) rings is 1. The number of amides is 1. The quantitative estimate of drug-likeness (QED) is 0.430. The molecule has 0 radical (unpaired) electrons. The van der Waals surface area contributed by atoms with Gasteiger partial charge in [-0.15, -0.1) is 23.5 Å². The van der Waals surface area contributed by atoms with Crippen molar-refractivity contribution in [1.29, 1.82) is 0 Å². The topological polar surface area (TPSA) is 98.9 Å². The van der Waals surface area contributed by atoms with Gasteiger partial charge in [-0.25, -0.2) is 9.59 Å². The van der Waals surface area contributed by atoms with Crippen LogP contribution in [-0.4, -0.2) is 52.3 Å². The summed E-state index contributed by atoms with van der Waals surface area (Å²) in [5.41, 5.74) is 8.57. The Hall–Kier alpha value is -2.72. The van der Waals surface area contributed by atoms with E-state index in [4.69, 9.17) is 26.8 Å². The molecule has 0 bridgehead atoms. The van der Waals surface area contributed by atoms with Gasteiger partial charge in [0.2, 0.25) is 5.91 Å². The predicted octanol–water partition coefficient (Wildman–Crippen LogP) is 3.56. The summed E-state index contributed by atoms with van der Waals surface area (Å²) in [6, 6.07) is 18.2. The lowest BCUT2D eigenvalue weighted by Gasteiger charge is -2.48. The molecule has 3 aliphatic rings. The molecule has 2 aromatic rings. The Morgan fingerprint density at radius 2 is 1.77 bits per heavy atom. The fourth-order valence-corrected chi connectivity index (χ4v) is 6.71. The predicted molar refractivity (Wildman–Crippen MR) is 135 cm³/mol. The number of cyclic esters (lactones) is 1. The molecule has 0 aliphatic carbocycles. The third-order valence-electron chi connectivity index (χ3n) is 5.89. The van der Waals surface area contributed by atoms with Gasteiger partial charge in [0.1, 0.15) is 28.8 Å². The van der Waals surface area contributed by atoms with E-state index in [-0.39, 0.29) is 28.6 Å². The van der Waals surface area contributed by atoms with Gasteiger partial charge >= 0.3 is 11.9 Å². The van der Waals surface area contributed by atoms with E-state index in [1.165, 1.54) is 28.4 Å². The van der Waals surface area contributed by atoms with Gasteiger partial charge in [0.25, 0.3) is 0 Å². The number of halogens is 1. The average Bonchev–Trinajstić information content (AvgIpc) is 3.22. The van der Waals surface area contributed by atoms with Crippen molar-refractivity contribution in [2.24, 2.45) is 5.73 Å². The standard InChI is InChI=1S/C25H21ClN2O5S2/c26-18-17(11-32-24(18)30)34-12-16-13-35-23-19(27)22(29)28(23)20(16)25(31)33-21(14-7-3-1-4-8-14)15-9-5-2-6-10-15/h1-10,19,21,23H,11-13,27H2/t19-,23+/m1/s1. The van der Waals surface area contributed by atoms with Crippen LogP contribution in [0.2, 0.25) is 0 Å². The molecule has 2 N–H and O–H groups in total. The maximum absolute atomic E-state index is 13.7. The highest BCUT2D eigenvalue weighted by molar-refractivity contribution is 8.03. The molecule has 10 heteroatoms. The maximum atomic E-state index is 13.7. The normalized spacial score (nSPS) is 21.7. The molecule has 180 valence electrons. The number of rotatable bonds is 7. The van der Waals surface area contributed by atoms with Gasteiger partial charge in [-0.3, -0.25) is 9.69 Å². The first kappa shape index (κ1) is 24.0. The Kier molecular flexibility index (Phi) is 6.93. The molecule has 5 rings (SSSR count). The monoisotopic (exact) mass is 528 g/mol. The summed E-state index contributed by atoms with van der Waals surface area (Å²) in [4.78, 5) is 40.0. The van der Waals surface area contributed by atoms with Gasteiger partial charge in [-0.05, 0) is 16.7 Å². The van der Waals surface area contributed by atoms with Crippen LogP contribution in [0.1, 0.15) is 17.2 Å². The molecular formula is C25H21ClN2O5S2. The van der Waals surface area contributed by atoms with Crippen molar-refractivity contribution >= 4 is 53.0 Å². The molecule has 0 unspecified atom stereocenters.